The van der Waals surface area contributed by atoms with Crippen molar-refractivity contribution in [3.63, 3.8) is 0 Å². The molecule has 0 amide bonds. The van der Waals surface area contributed by atoms with Crippen LogP contribution in [0.2, 0.25) is 0 Å². The van der Waals surface area contributed by atoms with Gasteiger partial charge in [-0.3, -0.25) is 4.21 Å². The largest absolute Gasteiger partial charge is 0.310 e. The zero-order chi connectivity index (χ0) is 11.8. The molecule has 0 fully saturated rings. The maximum atomic E-state index is 11.1. The van der Waals surface area contributed by atoms with Crippen LogP contribution in [0.25, 0.3) is 0 Å². The van der Waals surface area contributed by atoms with Crippen molar-refractivity contribution in [3.8, 4) is 0 Å². The van der Waals surface area contributed by atoms with E-state index >= 15 is 0 Å². The lowest BCUT2D eigenvalue weighted by molar-refractivity contribution is 0.326. The minimum absolute atomic E-state index is 0.361. The van der Waals surface area contributed by atoms with E-state index in [1.165, 1.54) is 12.8 Å². The quantitative estimate of drug-likeness (QED) is 0.698. The summed E-state index contributed by atoms with van der Waals surface area (Å²) in [5.74, 6) is 1.47. The van der Waals surface area contributed by atoms with Gasteiger partial charge in [0, 0.05) is 34.9 Å². The maximum Gasteiger partial charge on any atom is 0.0383 e. The van der Waals surface area contributed by atoms with Crippen molar-refractivity contribution >= 4 is 10.8 Å². The summed E-state index contributed by atoms with van der Waals surface area (Å²) >= 11 is 0. The highest BCUT2D eigenvalue weighted by atomic mass is 32.2. The number of hydrogen-bond acceptors (Lipinski definition) is 2. The molecule has 2 nitrogen and oxygen atoms in total. The molecule has 4 unspecified atom stereocenters. The molecule has 4 atom stereocenters. The van der Waals surface area contributed by atoms with E-state index < -0.39 is 10.8 Å². The lowest BCUT2D eigenvalue weighted by Gasteiger charge is -2.27. The van der Waals surface area contributed by atoms with Gasteiger partial charge >= 0.3 is 0 Å². The second-order valence-corrected chi connectivity index (χ2v) is 6.07. The molecule has 92 valence electrons. The van der Waals surface area contributed by atoms with Crippen molar-refractivity contribution in [1.82, 2.24) is 5.32 Å². The van der Waals surface area contributed by atoms with Crippen LogP contribution >= 0.6 is 0 Å². The van der Waals surface area contributed by atoms with Gasteiger partial charge in [0.2, 0.25) is 0 Å². The molecular formula is C12H27NOS. The zero-order valence-electron chi connectivity index (χ0n) is 10.9. The zero-order valence-corrected chi connectivity index (χ0v) is 11.7. The van der Waals surface area contributed by atoms with Gasteiger partial charge in [0.1, 0.15) is 0 Å². The van der Waals surface area contributed by atoms with Crippen molar-refractivity contribution in [1.29, 1.82) is 0 Å². The Hall–Kier alpha value is 0.110. The molecule has 0 aliphatic carbocycles. The van der Waals surface area contributed by atoms with Crippen LogP contribution in [0.4, 0.5) is 0 Å². The Morgan fingerprint density at radius 3 is 2.27 bits per heavy atom. The molecular weight excluding hydrogens is 206 g/mol. The molecule has 0 aliphatic rings. The molecule has 0 aromatic carbocycles. The van der Waals surface area contributed by atoms with Crippen molar-refractivity contribution in [2.75, 3.05) is 12.0 Å². The molecule has 0 radical (unpaired) electrons. The average molecular weight is 233 g/mol. The molecule has 1 N–H and O–H groups in total. The summed E-state index contributed by atoms with van der Waals surface area (Å²) in [5, 5.41) is 3.59. The molecule has 3 heteroatoms. The molecule has 0 bridgehead atoms. The van der Waals surface area contributed by atoms with Crippen molar-refractivity contribution < 1.29 is 4.21 Å². The first kappa shape index (κ1) is 15.1. The topological polar surface area (TPSA) is 29.1 Å². The predicted octanol–water partition coefficient (Wildman–Crippen LogP) is 2.56. The predicted molar refractivity (Wildman–Crippen MR) is 69.7 cm³/mol. The number of nitrogens with one attached hydrogen (secondary N) is 1. The van der Waals surface area contributed by atoms with Gasteiger partial charge in [-0.2, -0.15) is 0 Å². The van der Waals surface area contributed by atoms with E-state index in [2.05, 4.69) is 33.0 Å². The van der Waals surface area contributed by atoms with Crippen molar-refractivity contribution in [3.05, 3.63) is 0 Å². The normalized spacial score (nSPS) is 19.5. The fraction of sp³-hybridized carbons (Fsp3) is 1.00. The van der Waals surface area contributed by atoms with E-state index in [1.807, 2.05) is 0 Å². The summed E-state index contributed by atoms with van der Waals surface area (Å²) in [6.07, 6.45) is 5.44. The summed E-state index contributed by atoms with van der Waals surface area (Å²) < 4.78 is 11.1. The van der Waals surface area contributed by atoms with Gasteiger partial charge in [-0.1, -0.05) is 27.2 Å². The van der Waals surface area contributed by atoms with E-state index in [1.54, 1.807) is 6.26 Å². The van der Waals surface area contributed by atoms with Gasteiger partial charge in [0.25, 0.3) is 0 Å². The minimum Gasteiger partial charge on any atom is -0.310 e. The van der Waals surface area contributed by atoms with Crippen LogP contribution < -0.4 is 5.32 Å². The molecule has 0 rings (SSSR count). The Bertz CT molecular complexity index is 184. The fourth-order valence-corrected chi connectivity index (χ4v) is 2.91. The Kier molecular flexibility index (Phi) is 8.34. The first-order valence-corrected chi connectivity index (χ1v) is 7.80. The monoisotopic (exact) mass is 233 g/mol. The van der Waals surface area contributed by atoms with Gasteiger partial charge in [0.05, 0.1) is 0 Å². The Morgan fingerprint density at radius 2 is 1.87 bits per heavy atom. The van der Waals surface area contributed by atoms with Gasteiger partial charge in [0.15, 0.2) is 0 Å². The molecule has 0 aromatic rings. The molecule has 15 heavy (non-hydrogen) atoms. The third kappa shape index (κ3) is 7.07. The molecule has 0 spiro atoms. The SMILES string of the molecule is CCCC(C)C(CC)NC(C)CS(C)=O. The van der Waals surface area contributed by atoms with E-state index in [9.17, 15) is 4.21 Å². The first-order valence-electron chi connectivity index (χ1n) is 6.07. The van der Waals surface area contributed by atoms with E-state index in [0.29, 0.717) is 18.0 Å². The highest BCUT2D eigenvalue weighted by Crippen LogP contribution is 2.14. The number of rotatable bonds is 8. The summed E-state index contributed by atoms with van der Waals surface area (Å²) in [5.41, 5.74) is 0. The highest BCUT2D eigenvalue weighted by molar-refractivity contribution is 7.84. The highest BCUT2D eigenvalue weighted by Gasteiger charge is 2.16. The second-order valence-electron chi connectivity index (χ2n) is 4.59. The smallest absolute Gasteiger partial charge is 0.0383 e. The van der Waals surface area contributed by atoms with Crippen LogP contribution in [-0.2, 0) is 10.8 Å². The molecule has 0 saturated heterocycles. The van der Waals surface area contributed by atoms with Crippen LogP contribution in [0, 0.1) is 5.92 Å². The van der Waals surface area contributed by atoms with E-state index in [4.69, 9.17) is 0 Å². The van der Waals surface area contributed by atoms with Crippen LogP contribution in [0.3, 0.4) is 0 Å². The third-order valence-corrected chi connectivity index (χ3v) is 3.82. The second kappa shape index (κ2) is 8.28. The van der Waals surface area contributed by atoms with Crippen molar-refractivity contribution in [2.24, 2.45) is 5.92 Å². The van der Waals surface area contributed by atoms with Gasteiger partial charge < -0.3 is 5.32 Å². The third-order valence-electron chi connectivity index (χ3n) is 2.85. The Balaban J connectivity index is 4.01. The summed E-state index contributed by atoms with van der Waals surface area (Å²) in [6, 6.07) is 0.934. The van der Waals surface area contributed by atoms with Crippen LogP contribution in [0.1, 0.15) is 47.0 Å². The van der Waals surface area contributed by atoms with E-state index in [-0.39, 0.29) is 0 Å². The van der Waals surface area contributed by atoms with Crippen LogP contribution in [0.15, 0.2) is 0 Å². The minimum atomic E-state index is -0.694. The van der Waals surface area contributed by atoms with Gasteiger partial charge in [-0.05, 0) is 25.7 Å². The van der Waals surface area contributed by atoms with Gasteiger partial charge in [-0.15, -0.1) is 0 Å². The lowest BCUT2D eigenvalue weighted by atomic mass is 9.94. The Labute approximate surface area is 97.7 Å². The summed E-state index contributed by atoms with van der Waals surface area (Å²) in [6.45, 7) is 8.89. The van der Waals surface area contributed by atoms with Gasteiger partial charge in [-0.25, -0.2) is 0 Å². The molecule has 0 aliphatic heterocycles. The molecule has 0 aromatic heterocycles. The van der Waals surface area contributed by atoms with Crippen LogP contribution in [-0.4, -0.2) is 28.3 Å². The Morgan fingerprint density at radius 1 is 1.27 bits per heavy atom. The van der Waals surface area contributed by atoms with Crippen molar-refractivity contribution in [2.45, 2.75) is 59.0 Å². The number of hydrogen-bond donors (Lipinski definition) is 1. The lowest BCUT2D eigenvalue weighted by Crippen LogP contribution is -2.42. The maximum absolute atomic E-state index is 11.1. The summed E-state index contributed by atoms with van der Waals surface area (Å²) in [4.78, 5) is 0. The van der Waals surface area contributed by atoms with E-state index in [0.717, 1.165) is 12.2 Å². The fourth-order valence-electron chi connectivity index (χ4n) is 2.11. The van der Waals surface area contributed by atoms with Crippen LogP contribution in [0.5, 0.6) is 0 Å². The molecule has 0 heterocycles. The first-order chi connectivity index (χ1) is 7.01. The molecule has 0 saturated carbocycles. The average Bonchev–Trinajstić information content (AvgIpc) is 2.13. The summed E-state index contributed by atoms with van der Waals surface area (Å²) in [7, 11) is -0.694. The standard InChI is InChI=1S/C12H27NOS/c1-6-8-10(3)12(7-2)13-11(4)9-15(5)14/h10-13H,6-9H2,1-5H3.